The molecule has 2 heterocycles. The highest BCUT2D eigenvalue weighted by molar-refractivity contribution is 6.11. The SMILES string of the molecule is COc1ccc(N2C(=O)c3ccccc3[C@@H](C(=O)NCCC(C)C)[C@H]2c2cccnc2)cc1. The van der Waals surface area contributed by atoms with Gasteiger partial charge in [0.15, 0.2) is 0 Å². The minimum atomic E-state index is -0.572. The summed E-state index contributed by atoms with van der Waals surface area (Å²) in [5.74, 6) is 0.371. The Labute approximate surface area is 194 Å². The molecule has 1 aliphatic heterocycles. The van der Waals surface area contributed by atoms with Gasteiger partial charge < -0.3 is 10.1 Å². The third-order valence-electron chi connectivity index (χ3n) is 6.02. The molecule has 0 fully saturated rings. The highest BCUT2D eigenvalue weighted by Crippen LogP contribution is 2.45. The van der Waals surface area contributed by atoms with Crippen LogP contribution in [0, 0.1) is 5.92 Å². The number of nitrogens with one attached hydrogen (secondary N) is 1. The van der Waals surface area contributed by atoms with Crippen LogP contribution in [0.4, 0.5) is 5.69 Å². The van der Waals surface area contributed by atoms with E-state index < -0.39 is 12.0 Å². The fourth-order valence-corrected chi connectivity index (χ4v) is 4.33. The molecule has 2 amide bonds. The van der Waals surface area contributed by atoms with E-state index in [2.05, 4.69) is 24.1 Å². The number of aromatic nitrogens is 1. The molecule has 0 saturated carbocycles. The average Bonchev–Trinajstić information content (AvgIpc) is 2.84. The van der Waals surface area contributed by atoms with Crippen LogP contribution in [0.3, 0.4) is 0 Å². The number of carbonyl (C=O) groups is 2. The highest BCUT2D eigenvalue weighted by atomic mass is 16.5. The van der Waals surface area contributed by atoms with Gasteiger partial charge in [0.1, 0.15) is 5.75 Å². The third kappa shape index (κ3) is 4.60. The number of methoxy groups -OCH3 is 1. The van der Waals surface area contributed by atoms with E-state index in [1.54, 1.807) is 30.5 Å². The summed E-state index contributed by atoms with van der Waals surface area (Å²) in [6.45, 7) is 4.85. The highest BCUT2D eigenvalue weighted by Gasteiger charge is 2.44. The van der Waals surface area contributed by atoms with Crippen molar-refractivity contribution in [2.24, 2.45) is 5.92 Å². The summed E-state index contributed by atoms with van der Waals surface area (Å²) >= 11 is 0. The first-order chi connectivity index (χ1) is 16.0. The van der Waals surface area contributed by atoms with Gasteiger partial charge in [0.2, 0.25) is 5.91 Å². The maximum Gasteiger partial charge on any atom is 0.259 e. The molecule has 170 valence electrons. The van der Waals surface area contributed by atoms with Crippen molar-refractivity contribution < 1.29 is 14.3 Å². The Morgan fingerprint density at radius 3 is 2.52 bits per heavy atom. The van der Waals surface area contributed by atoms with Crippen LogP contribution in [-0.4, -0.2) is 30.5 Å². The molecule has 2 atom stereocenters. The number of carbonyl (C=O) groups excluding carboxylic acids is 2. The van der Waals surface area contributed by atoms with E-state index in [1.807, 2.05) is 54.6 Å². The van der Waals surface area contributed by atoms with Crippen LogP contribution in [0.25, 0.3) is 0 Å². The van der Waals surface area contributed by atoms with Crippen molar-refractivity contribution in [3.8, 4) is 5.75 Å². The molecule has 0 unspecified atom stereocenters. The summed E-state index contributed by atoms with van der Waals surface area (Å²) in [6.07, 6.45) is 4.31. The molecule has 1 aliphatic rings. The molecule has 0 radical (unpaired) electrons. The summed E-state index contributed by atoms with van der Waals surface area (Å²) in [7, 11) is 1.60. The zero-order chi connectivity index (χ0) is 23.4. The lowest BCUT2D eigenvalue weighted by molar-refractivity contribution is -0.123. The number of hydrogen-bond donors (Lipinski definition) is 1. The first kappa shape index (κ1) is 22.5. The van der Waals surface area contributed by atoms with E-state index in [0.717, 1.165) is 17.5 Å². The minimum Gasteiger partial charge on any atom is -0.497 e. The Kier molecular flexibility index (Phi) is 6.73. The molecule has 6 heteroatoms. The van der Waals surface area contributed by atoms with Gasteiger partial charge in [0.25, 0.3) is 5.91 Å². The van der Waals surface area contributed by atoms with Gasteiger partial charge >= 0.3 is 0 Å². The second-order valence-electron chi connectivity index (χ2n) is 8.64. The van der Waals surface area contributed by atoms with Crippen LogP contribution in [-0.2, 0) is 4.79 Å². The summed E-state index contributed by atoms with van der Waals surface area (Å²) < 4.78 is 5.30. The second kappa shape index (κ2) is 9.86. The molecular formula is C27H29N3O3. The van der Waals surface area contributed by atoms with Gasteiger partial charge in [-0.15, -0.1) is 0 Å². The van der Waals surface area contributed by atoms with Crippen molar-refractivity contribution in [1.29, 1.82) is 0 Å². The van der Waals surface area contributed by atoms with Crippen molar-refractivity contribution >= 4 is 17.5 Å². The lowest BCUT2D eigenvalue weighted by Gasteiger charge is -2.41. The van der Waals surface area contributed by atoms with Crippen LogP contribution < -0.4 is 15.0 Å². The molecule has 0 bridgehead atoms. The standard InChI is InChI=1S/C27H29N3O3/c1-18(2)14-16-29-26(31)24-22-8-4-5-9-23(22)27(32)30(20-10-12-21(33-3)13-11-20)25(24)19-7-6-15-28-17-19/h4-13,15,17-18,24-25H,14,16H2,1-3H3,(H,29,31)/t24-,25-/m1/s1. The quantitative estimate of drug-likeness (QED) is 0.573. The smallest absolute Gasteiger partial charge is 0.259 e. The molecule has 1 aromatic heterocycles. The van der Waals surface area contributed by atoms with Crippen LogP contribution in [0.2, 0.25) is 0 Å². The molecular weight excluding hydrogens is 414 g/mol. The van der Waals surface area contributed by atoms with Gasteiger partial charge in [0, 0.05) is 30.2 Å². The van der Waals surface area contributed by atoms with Gasteiger partial charge in [0.05, 0.1) is 19.1 Å². The van der Waals surface area contributed by atoms with Gasteiger partial charge in [-0.1, -0.05) is 38.1 Å². The average molecular weight is 444 g/mol. The number of amides is 2. The van der Waals surface area contributed by atoms with Gasteiger partial charge in [-0.3, -0.25) is 19.5 Å². The number of hydrogen-bond acceptors (Lipinski definition) is 4. The second-order valence-corrected chi connectivity index (χ2v) is 8.64. The molecule has 3 aromatic rings. The van der Waals surface area contributed by atoms with Crippen LogP contribution in [0.1, 0.15) is 53.7 Å². The summed E-state index contributed by atoms with van der Waals surface area (Å²) in [5.41, 5.74) is 2.78. The number of pyridine rings is 1. The Balaban J connectivity index is 1.85. The first-order valence-electron chi connectivity index (χ1n) is 11.3. The van der Waals surface area contributed by atoms with E-state index in [0.29, 0.717) is 29.5 Å². The lowest BCUT2D eigenvalue weighted by atomic mass is 9.79. The van der Waals surface area contributed by atoms with Crippen LogP contribution in [0.5, 0.6) is 5.75 Å². The van der Waals surface area contributed by atoms with E-state index >= 15 is 0 Å². The predicted molar refractivity (Wildman–Crippen MR) is 128 cm³/mol. The molecule has 33 heavy (non-hydrogen) atoms. The third-order valence-corrected chi connectivity index (χ3v) is 6.02. The Bertz CT molecular complexity index is 1110. The minimum absolute atomic E-state index is 0.0945. The fraction of sp³-hybridized carbons (Fsp3) is 0.296. The zero-order valence-electron chi connectivity index (χ0n) is 19.2. The topological polar surface area (TPSA) is 71.5 Å². The van der Waals surface area contributed by atoms with Gasteiger partial charge in [-0.25, -0.2) is 0 Å². The number of benzene rings is 2. The normalized spacial score (nSPS) is 17.6. The molecule has 4 rings (SSSR count). The monoisotopic (exact) mass is 443 g/mol. The van der Waals surface area contributed by atoms with Crippen molar-refractivity contribution in [2.75, 3.05) is 18.6 Å². The van der Waals surface area contributed by atoms with Gasteiger partial charge in [-0.05, 0) is 59.9 Å². The van der Waals surface area contributed by atoms with Crippen molar-refractivity contribution in [3.05, 3.63) is 89.7 Å². The zero-order valence-corrected chi connectivity index (χ0v) is 19.2. The summed E-state index contributed by atoms with van der Waals surface area (Å²) in [4.78, 5) is 33.4. The maximum atomic E-state index is 13.8. The first-order valence-corrected chi connectivity index (χ1v) is 11.3. The summed E-state index contributed by atoms with van der Waals surface area (Å²) in [6, 6.07) is 17.9. The fourth-order valence-electron chi connectivity index (χ4n) is 4.33. The van der Waals surface area contributed by atoms with Crippen molar-refractivity contribution in [1.82, 2.24) is 10.3 Å². The number of rotatable bonds is 7. The molecule has 6 nitrogen and oxygen atoms in total. The number of nitrogens with zero attached hydrogens (tertiary/aromatic N) is 2. The van der Waals surface area contributed by atoms with E-state index in [-0.39, 0.29) is 11.8 Å². The molecule has 2 aromatic carbocycles. The van der Waals surface area contributed by atoms with Crippen molar-refractivity contribution in [3.63, 3.8) is 0 Å². The molecule has 0 spiro atoms. The number of fused-ring (bicyclic) bond motifs is 1. The molecule has 1 N–H and O–H groups in total. The lowest BCUT2D eigenvalue weighted by Crippen LogP contribution is -2.47. The number of ether oxygens (including phenoxy) is 1. The molecule has 0 aliphatic carbocycles. The van der Waals surface area contributed by atoms with E-state index in [9.17, 15) is 9.59 Å². The molecule has 0 saturated heterocycles. The van der Waals surface area contributed by atoms with Gasteiger partial charge in [-0.2, -0.15) is 0 Å². The Morgan fingerprint density at radius 2 is 1.85 bits per heavy atom. The van der Waals surface area contributed by atoms with E-state index in [1.165, 1.54) is 0 Å². The van der Waals surface area contributed by atoms with E-state index in [4.69, 9.17) is 4.74 Å². The number of anilines is 1. The van der Waals surface area contributed by atoms with Crippen LogP contribution >= 0.6 is 0 Å². The van der Waals surface area contributed by atoms with Crippen molar-refractivity contribution in [2.45, 2.75) is 32.2 Å². The summed E-state index contributed by atoms with van der Waals surface area (Å²) in [5, 5.41) is 3.11. The predicted octanol–water partition coefficient (Wildman–Crippen LogP) is 4.74. The Hall–Kier alpha value is -3.67. The van der Waals surface area contributed by atoms with Crippen LogP contribution in [0.15, 0.2) is 73.1 Å². The Morgan fingerprint density at radius 1 is 1.09 bits per heavy atom. The maximum absolute atomic E-state index is 13.8. The largest absolute Gasteiger partial charge is 0.497 e.